The molecule has 0 radical (unpaired) electrons. The van der Waals surface area contributed by atoms with E-state index in [2.05, 4.69) is 31.6 Å². The van der Waals surface area contributed by atoms with E-state index in [1.54, 1.807) is 27.8 Å². The number of anilines is 1. The zero-order chi connectivity index (χ0) is 20.1. The van der Waals surface area contributed by atoms with Gasteiger partial charge in [-0.05, 0) is 52.7 Å². The normalized spacial score (nSPS) is 16.5. The highest BCUT2D eigenvalue weighted by molar-refractivity contribution is 14.0. The van der Waals surface area contributed by atoms with Gasteiger partial charge in [0.2, 0.25) is 0 Å². The Kier molecular flexibility index (Phi) is 9.45. The van der Waals surface area contributed by atoms with Crippen LogP contribution in [0.1, 0.15) is 39.3 Å². The van der Waals surface area contributed by atoms with Gasteiger partial charge in [-0.2, -0.15) is 0 Å². The third-order valence-corrected chi connectivity index (χ3v) is 7.46. The summed E-state index contributed by atoms with van der Waals surface area (Å²) in [6, 6.07) is 6.42. The highest BCUT2D eigenvalue weighted by atomic mass is 127. The number of hydrogen-bond donors (Lipinski definition) is 2. The summed E-state index contributed by atoms with van der Waals surface area (Å²) in [6.07, 6.45) is 1.97. The van der Waals surface area contributed by atoms with E-state index in [9.17, 15) is 8.42 Å². The maximum absolute atomic E-state index is 12.2. The number of aryl methyl sites for hydroxylation is 1. The molecule has 1 fully saturated rings. The van der Waals surface area contributed by atoms with Crippen LogP contribution in [0.2, 0.25) is 0 Å². The Labute approximate surface area is 186 Å². The van der Waals surface area contributed by atoms with E-state index in [0.717, 1.165) is 37.4 Å². The van der Waals surface area contributed by atoms with Crippen LogP contribution < -0.4 is 15.5 Å². The Morgan fingerprint density at radius 2 is 1.93 bits per heavy atom. The summed E-state index contributed by atoms with van der Waals surface area (Å²) in [7, 11) is -1.43. The van der Waals surface area contributed by atoms with E-state index in [4.69, 9.17) is 0 Å². The molecule has 0 bridgehead atoms. The summed E-state index contributed by atoms with van der Waals surface area (Å²) >= 11 is 0. The molecule has 9 heteroatoms. The van der Waals surface area contributed by atoms with E-state index in [-0.39, 0.29) is 29.7 Å². The predicted molar refractivity (Wildman–Crippen MR) is 128 cm³/mol. The number of pyridine rings is 1. The number of guanidine groups is 1. The van der Waals surface area contributed by atoms with Crippen LogP contribution in [0, 0.1) is 6.92 Å². The molecule has 0 spiro atoms. The van der Waals surface area contributed by atoms with Gasteiger partial charge in [-0.15, -0.1) is 24.0 Å². The third-order valence-electron chi connectivity index (χ3n) is 4.85. The summed E-state index contributed by atoms with van der Waals surface area (Å²) in [5.41, 5.74) is 1.03. The molecule has 2 rings (SSSR count). The van der Waals surface area contributed by atoms with Crippen LogP contribution in [0.4, 0.5) is 5.82 Å². The van der Waals surface area contributed by atoms with Gasteiger partial charge in [0, 0.05) is 38.4 Å². The molecular formula is C19H34IN5O2S. The molecule has 0 aliphatic carbocycles. The lowest BCUT2D eigenvalue weighted by Gasteiger charge is -2.34. The monoisotopic (exact) mass is 523 g/mol. The lowest BCUT2D eigenvalue weighted by molar-refractivity contribution is 0.460. The summed E-state index contributed by atoms with van der Waals surface area (Å²) < 4.78 is 23.7. The van der Waals surface area contributed by atoms with Crippen LogP contribution >= 0.6 is 24.0 Å². The minimum absolute atomic E-state index is 0. The first kappa shape index (κ1) is 24.9. The second-order valence-electron chi connectivity index (χ2n) is 7.97. The number of rotatable bonds is 5. The highest BCUT2D eigenvalue weighted by Gasteiger charge is 2.28. The number of sulfone groups is 1. The first-order valence-corrected chi connectivity index (χ1v) is 11.2. The van der Waals surface area contributed by atoms with Crippen LogP contribution in [0.15, 0.2) is 23.2 Å². The van der Waals surface area contributed by atoms with E-state index >= 15 is 0 Å². The van der Waals surface area contributed by atoms with Crippen LogP contribution in [-0.2, 0) is 9.84 Å². The fraction of sp³-hybridized carbons (Fsp3) is 0.684. The molecule has 1 aromatic rings. The Morgan fingerprint density at radius 1 is 1.29 bits per heavy atom. The van der Waals surface area contributed by atoms with Crippen molar-refractivity contribution >= 4 is 45.6 Å². The van der Waals surface area contributed by atoms with Crippen LogP contribution in [0.25, 0.3) is 0 Å². The Morgan fingerprint density at radius 3 is 2.46 bits per heavy atom. The molecule has 0 aromatic carbocycles. The average Bonchev–Trinajstić information content (AvgIpc) is 2.60. The lowest BCUT2D eigenvalue weighted by atomic mass is 10.1. The molecular weight excluding hydrogens is 489 g/mol. The van der Waals surface area contributed by atoms with Gasteiger partial charge in [0.15, 0.2) is 15.8 Å². The first-order valence-electron chi connectivity index (χ1n) is 9.50. The van der Waals surface area contributed by atoms with Gasteiger partial charge in [-0.1, -0.05) is 6.07 Å². The Hall–Kier alpha value is -1.10. The molecule has 2 N–H and O–H groups in total. The molecule has 0 saturated carbocycles. The van der Waals surface area contributed by atoms with Crippen LogP contribution in [-0.4, -0.2) is 62.6 Å². The Balaban J connectivity index is 0.00000392. The van der Waals surface area contributed by atoms with E-state index in [1.165, 1.54) is 0 Å². The number of aliphatic imine (C=N–C) groups is 1. The minimum Gasteiger partial charge on any atom is -0.356 e. The Bertz CT molecular complexity index is 754. The van der Waals surface area contributed by atoms with Crippen molar-refractivity contribution in [3.63, 3.8) is 0 Å². The number of nitrogens with one attached hydrogen (secondary N) is 2. The average molecular weight is 523 g/mol. The van der Waals surface area contributed by atoms with Gasteiger partial charge >= 0.3 is 0 Å². The van der Waals surface area contributed by atoms with Crippen molar-refractivity contribution in [2.24, 2.45) is 4.99 Å². The van der Waals surface area contributed by atoms with Crippen molar-refractivity contribution in [2.75, 3.05) is 37.3 Å². The van der Waals surface area contributed by atoms with E-state index in [1.807, 2.05) is 19.1 Å². The molecule has 0 amide bonds. The molecule has 7 nitrogen and oxygen atoms in total. The quantitative estimate of drug-likeness (QED) is 0.350. The first-order chi connectivity index (χ1) is 12.6. The van der Waals surface area contributed by atoms with Crippen molar-refractivity contribution < 1.29 is 8.42 Å². The molecule has 160 valence electrons. The maximum atomic E-state index is 12.2. The molecule has 1 aliphatic rings. The lowest BCUT2D eigenvalue weighted by Crippen LogP contribution is -2.49. The van der Waals surface area contributed by atoms with E-state index < -0.39 is 14.6 Å². The van der Waals surface area contributed by atoms with Gasteiger partial charge in [0.25, 0.3) is 0 Å². The van der Waals surface area contributed by atoms with Crippen molar-refractivity contribution in [1.82, 2.24) is 15.6 Å². The van der Waals surface area contributed by atoms with Crippen LogP contribution in [0.5, 0.6) is 0 Å². The molecule has 1 saturated heterocycles. The predicted octanol–water partition coefficient (Wildman–Crippen LogP) is 2.36. The number of aromatic nitrogens is 1. The summed E-state index contributed by atoms with van der Waals surface area (Å²) in [6.45, 7) is 9.41. The van der Waals surface area contributed by atoms with Gasteiger partial charge in [-0.25, -0.2) is 13.4 Å². The van der Waals surface area contributed by atoms with Gasteiger partial charge in [0.1, 0.15) is 5.82 Å². The SMILES string of the molecule is CN=C(NCCS(=O)(=O)C(C)(C)C)NC1CCN(c2cccc(C)n2)CC1.I. The van der Waals surface area contributed by atoms with Gasteiger partial charge < -0.3 is 15.5 Å². The van der Waals surface area contributed by atoms with Crippen LogP contribution in [0.3, 0.4) is 0 Å². The molecule has 1 aliphatic heterocycles. The molecule has 0 unspecified atom stereocenters. The second-order valence-corrected chi connectivity index (χ2v) is 10.8. The van der Waals surface area contributed by atoms with Crippen molar-refractivity contribution in [2.45, 2.75) is 51.3 Å². The number of halogens is 1. The standard InChI is InChI=1S/C19H33N5O2S.HI/c1-15-7-6-8-17(22-15)24-12-9-16(10-13-24)23-18(20-5)21-11-14-27(25,26)19(2,3)4;/h6-8,16H,9-14H2,1-5H3,(H2,20,21,23);1H. The van der Waals surface area contributed by atoms with Crippen molar-refractivity contribution in [3.8, 4) is 0 Å². The van der Waals surface area contributed by atoms with E-state index in [0.29, 0.717) is 18.5 Å². The molecule has 1 aromatic heterocycles. The summed E-state index contributed by atoms with van der Waals surface area (Å²) in [4.78, 5) is 11.1. The fourth-order valence-electron chi connectivity index (χ4n) is 2.96. The topological polar surface area (TPSA) is 86.7 Å². The number of hydrogen-bond acceptors (Lipinski definition) is 5. The molecule has 2 heterocycles. The summed E-state index contributed by atoms with van der Waals surface area (Å²) in [5.74, 6) is 1.78. The largest absolute Gasteiger partial charge is 0.356 e. The summed E-state index contributed by atoms with van der Waals surface area (Å²) in [5, 5.41) is 6.54. The maximum Gasteiger partial charge on any atom is 0.191 e. The zero-order valence-electron chi connectivity index (χ0n) is 17.5. The zero-order valence-corrected chi connectivity index (χ0v) is 20.7. The fourth-order valence-corrected chi connectivity index (χ4v) is 3.94. The third kappa shape index (κ3) is 7.06. The second kappa shape index (κ2) is 10.6. The van der Waals surface area contributed by atoms with Gasteiger partial charge in [0.05, 0.1) is 10.5 Å². The number of nitrogens with zero attached hydrogens (tertiary/aromatic N) is 3. The minimum atomic E-state index is -3.14. The van der Waals surface area contributed by atoms with Gasteiger partial charge in [-0.3, -0.25) is 4.99 Å². The number of piperidine rings is 1. The molecule has 28 heavy (non-hydrogen) atoms. The van der Waals surface area contributed by atoms with Crippen molar-refractivity contribution in [3.05, 3.63) is 23.9 Å². The smallest absolute Gasteiger partial charge is 0.191 e. The highest BCUT2D eigenvalue weighted by Crippen LogP contribution is 2.18. The van der Waals surface area contributed by atoms with Crippen molar-refractivity contribution in [1.29, 1.82) is 0 Å². The molecule has 0 atom stereocenters.